The Morgan fingerprint density at radius 3 is 2.43 bits per heavy atom. The van der Waals surface area contributed by atoms with Crippen molar-refractivity contribution < 1.29 is 4.79 Å². The van der Waals surface area contributed by atoms with Gasteiger partial charge < -0.3 is 10.2 Å². The van der Waals surface area contributed by atoms with Crippen LogP contribution in [0, 0.1) is 12.8 Å². The average molecular weight is 405 g/mol. The quantitative estimate of drug-likeness (QED) is 0.722. The summed E-state index contributed by atoms with van der Waals surface area (Å²) < 4.78 is 1.82. The Balaban J connectivity index is 1.29. The van der Waals surface area contributed by atoms with Crippen LogP contribution in [0.4, 0.5) is 5.82 Å². The van der Waals surface area contributed by atoms with Crippen LogP contribution in [0.1, 0.15) is 44.1 Å². The lowest BCUT2D eigenvalue weighted by Gasteiger charge is -2.32. The van der Waals surface area contributed by atoms with Crippen molar-refractivity contribution >= 4 is 17.4 Å². The molecule has 3 aromatic rings. The fourth-order valence-corrected chi connectivity index (χ4v) is 4.59. The predicted molar refractivity (Wildman–Crippen MR) is 116 cm³/mol. The number of benzene rings is 1. The predicted octanol–water partition coefficient (Wildman–Crippen LogP) is 3.37. The number of piperidine rings is 1. The standard InChI is InChI=1S/C23H28N6O/c1-16-6-8-17(9-7-16)22-26-25-20-10-11-21(27-29(20)22)28-14-12-18(13-15-28)23(30)24-19-4-2-3-5-19/h6-11,18-19H,2-5,12-15H2,1H3,(H,24,30). The summed E-state index contributed by atoms with van der Waals surface area (Å²) in [6.45, 7) is 3.74. The van der Waals surface area contributed by atoms with E-state index in [0.717, 1.165) is 61.6 Å². The van der Waals surface area contributed by atoms with Crippen molar-refractivity contribution in [3.05, 3.63) is 42.0 Å². The minimum atomic E-state index is 0.114. The molecule has 1 saturated carbocycles. The first-order valence-corrected chi connectivity index (χ1v) is 11.0. The topological polar surface area (TPSA) is 75.4 Å². The second-order valence-corrected chi connectivity index (χ2v) is 8.60. The molecule has 1 amide bonds. The summed E-state index contributed by atoms with van der Waals surface area (Å²) in [4.78, 5) is 14.9. The first-order valence-electron chi connectivity index (χ1n) is 11.0. The first-order chi connectivity index (χ1) is 14.7. The van der Waals surface area contributed by atoms with Gasteiger partial charge >= 0.3 is 0 Å². The zero-order valence-electron chi connectivity index (χ0n) is 17.4. The summed E-state index contributed by atoms with van der Waals surface area (Å²) >= 11 is 0. The van der Waals surface area contributed by atoms with E-state index in [1.54, 1.807) is 0 Å². The van der Waals surface area contributed by atoms with Gasteiger partial charge in [-0.15, -0.1) is 15.3 Å². The van der Waals surface area contributed by atoms with Gasteiger partial charge in [0, 0.05) is 30.6 Å². The zero-order chi connectivity index (χ0) is 20.5. The van der Waals surface area contributed by atoms with Gasteiger partial charge in [-0.2, -0.15) is 4.52 Å². The highest BCUT2D eigenvalue weighted by molar-refractivity contribution is 5.79. The van der Waals surface area contributed by atoms with Gasteiger partial charge in [-0.1, -0.05) is 42.7 Å². The highest BCUT2D eigenvalue weighted by Gasteiger charge is 2.28. The Morgan fingerprint density at radius 1 is 0.967 bits per heavy atom. The van der Waals surface area contributed by atoms with Crippen LogP contribution >= 0.6 is 0 Å². The van der Waals surface area contributed by atoms with Gasteiger partial charge in [0.05, 0.1) is 0 Å². The van der Waals surface area contributed by atoms with Crippen LogP contribution in [0.15, 0.2) is 36.4 Å². The van der Waals surface area contributed by atoms with Crippen LogP contribution in [0.25, 0.3) is 17.0 Å². The number of anilines is 1. The molecule has 0 bridgehead atoms. The van der Waals surface area contributed by atoms with E-state index in [2.05, 4.69) is 51.6 Å². The van der Waals surface area contributed by atoms with Gasteiger partial charge in [-0.05, 0) is 44.7 Å². The van der Waals surface area contributed by atoms with Crippen molar-refractivity contribution in [1.29, 1.82) is 0 Å². The monoisotopic (exact) mass is 404 g/mol. The van der Waals surface area contributed by atoms with Crippen LogP contribution in [-0.2, 0) is 4.79 Å². The van der Waals surface area contributed by atoms with E-state index in [9.17, 15) is 4.79 Å². The van der Waals surface area contributed by atoms with Crippen molar-refractivity contribution in [3.63, 3.8) is 0 Å². The molecule has 2 aromatic heterocycles. The van der Waals surface area contributed by atoms with Crippen LogP contribution in [0.3, 0.4) is 0 Å². The summed E-state index contributed by atoms with van der Waals surface area (Å²) in [5, 5.41) is 16.7. The third kappa shape index (κ3) is 3.76. The number of carbonyl (C=O) groups is 1. The molecule has 0 spiro atoms. The average Bonchev–Trinajstić information content (AvgIpc) is 3.44. The molecule has 2 aliphatic rings. The van der Waals surface area contributed by atoms with Gasteiger partial charge in [0.25, 0.3) is 0 Å². The molecule has 1 aliphatic heterocycles. The number of amides is 1. The molecule has 1 aliphatic carbocycles. The highest BCUT2D eigenvalue weighted by Crippen LogP contribution is 2.25. The summed E-state index contributed by atoms with van der Waals surface area (Å²) in [5.74, 6) is 2.01. The molecule has 0 atom stereocenters. The Labute approximate surface area is 176 Å². The van der Waals surface area contributed by atoms with Crippen LogP contribution < -0.4 is 10.2 Å². The van der Waals surface area contributed by atoms with Crippen LogP contribution in [0.2, 0.25) is 0 Å². The van der Waals surface area contributed by atoms with Gasteiger partial charge in [-0.25, -0.2) is 0 Å². The molecule has 5 rings (SSSR count). The summed E-state index contributed by atoms with van der Waals surface area (Å²) in [6.07, 6.45) is 6.49. The molecule has 30 heavy (non-hydrogen) atoms. The van der Waals surface area contributed by atoms with Gasteiger partial charge in [0.2, 0.25) is 5.91 Å². The van der Waals surface area contributed by atoms with E-state index in [1.165, 1.54) is 18.4 Å². The maximum atomic E-state index is 12.6. The first kappa shape index (κ1) is 19.0. The molecule has 7 heteroatoms. The Hall–Kier alpha value is -2.96. The van der Waals surface area contributed by atoms with Crippen molar-refractivity contribution in [2.45, 2.75) is 51.5 Å². The third-order valence-corrected chi connectivity index (χ3v) is 6.45. The lowest BCUT2D eigenvalue weighted by Crippen LogP contribution is -2.43. The number of aromatic nitrogens is 4. The molecule has 0 radical (unpaired) electrons. The molecular weight excluding hydrogens is 376 g/mol. The van der Waals surface area contributed by atoms with Crippen molar-refractivity contribution in [1.82, 2.24) is 25.1 Å². The Kier molecular flexibility index (Phi) is 5.11. The number of aryl methyl sites for hydroxylation is 1. The number of hydrogen-bond acceptors (Lipinski definition) is 5. The molecular formula is C23H28N6O. The maximum absolute atomic E-state index is 12.6. The molecule has 1 aromatic carbocycles. The van der Waals surface area contributed by atoms with Gasteiger partial charge in [0.15, 0.2) is 11.5 Å². The fourth-order valence-electron chi connectivity index (χ4n) is 4.59. The number of fused-ring (bicyclic) bond motifs is 1. The smallest absolute Gasteiger partial charge is 0.223 e. The fraction of sp³-hybridized carbons (Fsp3) is 0.478. The second-order valence-electron chi connectivity index (χ2n) is 8.60. The van der Waals surface area contributed by atoms with E-state index < -0.39 is 0 Å². The van der Waals surface area contributed by atoms with Crippen LogP contribution in [-0.4, -0.2) is 44.8 Å². The molecule has 0 unspecified atom stereocenters. The Morgan fingerprint density at radius 2 is 1.70 bits per heavy atom. The van der Waals surface area contributed by atoms with E-state index in [4.69, 9.17) is 5.10 Å². The largest absolute Gasteiger partial charge is 0.355 e. The summed E-state index contributed by atoms with van der Waals surface area (Å²) in [7, 11) is 0. The van der Waals surface area contributed by atoms with Crippen molar-refractivity contribution in [3.8, 4) is 11.4 Å². The highest BCUT2D eigenvalue weighted by atomic mass is 16.1. The van der Waals surface area contributed by atoms with Gasteiger partial charge in [0.1, 0.15) is 5.82 Å². The number of carbonyl (C=O) groups excluding carboxylic acids is 1. The molecule has 3 heterocycles. The number of rotatable bonds is 4. The number of hydrogen-bond donors (Lipinski definition) is 1. The van der Waals surface area contributed by atoms with Crippen molar-refractivity contribution in [2.75, 3.05) is 18.0 Å². The van der Waals surface area contributed by atoms with E-state index in [-0.39, 0.29) is 11.8 Å². The normalized spacial score (nSPS) is 18.2. The van der Waals surface area contributed by atoms with Crippen molar-refractivity contribution in [2.24, 2.45) is 5.92 Å². The molecule has 7 nitrogen and oxygen atoms in total. The van der Waals surface area contributed by atoms with E-state index >= 15 is 0 Å². The second kappa shape index (κ2) is 8.05. The lowest BCUT2D eigenvalue weighted by atomic mass is 9.95. The summed E-state index contributed by atoms with van der Waals surface area (Å²) in [6, 6.07) is 12.6. The maximum Gasteiger partial charge on any atom is 0.223 e. The van der Waals surface area contributed by atoms with Crippen LogP contribution in [0.5, 0.6) is 0 Å². The number of nitrogens with zero attached hydrogens (tertiary/aromatic N) is 5. The van der Waals surface area contributed by atoms with E-state index in [1.807, 2.05) is 16.6 Å². The SMILES string of the molecule is Cc1ccc(-c2nnc3ccc(N4CCC(C(=O)NC5CCCC5)CC4)nn23)cc1. The molecule has 2 fully saturated rings. The molecule has 156 valence electrons. The number of nitrogens with one attached hydrogen (secondary N) is 1. The summed E-state index contributed by atoms with van der Waals surface area (Å²) in [5.41, 5.74) is 2.95. The molecule has 1 saturated heterocycles. The van der Waals surface area contributed by atoms with E-state index in [0.29, 0.717) is 6.04 Å². The Bertz CT molecular complexity index is 1030. The van der Waals surface area contributed by atoms with Gasteiger partial charge in [-0.3, -0.25) is 4.79 Å². The zero-order valence-corrected chi connectivity index (χ0v) is 17.4. The minimum Gasteiger partial charge on any atom is -0.355 e. The molecule has 1 N–H and O–H groups in total. The minimum absolute atomic E-state index is 0.114. The lowest BCUT2D eigenvalue weighted by molar-refractivity contribution is -0.126. The third-order valence-electron chi connectivity index (χ3n) is 6.45.